The number of rotatable bonds is 6. The van der Waals surface area contributed by atoms with Crippen LogP contribution in [0.4, 0.5) is 11.4 Å². The Morgan fingerprint density at radius 3 is 2.52 bits per heavy atom. The normalized spacial score (nSPS) is 11.3. The van der Waals surface area contributed by atoms with E-state index in [1.807, 2.05) is 53.2 Å². The van der Waals surface area contributed by atoms with Gasteiger partial charge in [-0.05, 0) is 23.6 Å². The highest BCUT2D eigenvalue weighted by atomic mass is 32.1. The molecular formula is C23H15N5O3S2. The monoisotopic (exact) mass is 473 g/mol. The Bertz CT molecular complexity index is 1520. The number of carboxylic acids is 1. The average molecular weight is 474 g/mol. The second-order valence-corrected chi connectivity index (χ2v) is 8.64. The number of nitrogens with one attached hydrogen (secondary N) is 1. The number of aromatic nitrogens is 3. The lowest BCUT2D eigenvalue weighted by Gasteiger charge is -1.98. The number of nitrogens with zero attached hydrogens (tertiary/aromatic N) is 4. The van der Waals surface area contributed by atoms with Crippen molar-refractivity contribution in [3.63, 3.8) is 0 Å². The average Bonchev–Trinajstić information content (AvgIpc) is 3.59. The van der Waals surface area contributed by atoms with Gasteiger partial charge in [-0.25, -0.2) is 9.78 Å². The summed E-state index contributed by atoms with van der Waals surface area (Å²) in [6.45, 7) is 0. The van der Waals surface area contributed by atoms with Gasteiger partial charge in [-0.15, -0.1) is 32.9 Å². The number of hydrogen-bond donors (Lipinski definition) is 2. The Kier molecular flexibility index (Phi) is 5.51. The summed E-state index contributed by atoms with van der Waals surface area (Å²) in [5, 5.41) is 25.0. The first-order chi connectivity index (χ1) is 16.1. The van der Waals surface area contributed by atoms with Crippen LogP contribution in [0.2, 0.25) is 0 Å². The molecule has 0 aliphatic heterocycles. The number of thiazole rings is 1. The first-order valence-electron chi connectivity index (χ1n) is 9.76. The molecule has 162 valence electrons. The molecule has 2 aromatic carbocycles. The minimum atomic E-state index is -1.12. The molecule has 5 aromatic rings. The lowest BCUT2D eigenvalue weighted by atomic mass is 10.2. The molecule has 0 amide bonds. The van der Waals surface area contributed by atoms with E-state index >= 15 is 0 Å². The van der Waals surface area contributed by atoms with Crippen LogP contribution in [0.3, 0.4) is 0 Å². The van der Waals surface area contributed by atoms with Gasteiger partial charge in [0.1, 0.15) is 11.4 Å². The standard InChI is InChI=1S/C23H15N5O3S2/c29-21-20(26-25-16-10-5-4-9-15(16)22(30)31)19(18-11-6-12-32-18)27-28(21)23-24-17(13-33-23)14-7-2-1-3-8-14/h1-13,27H,(H,30,31). The summed E-state index contributed by atoms with van der Waals surface area (Å²) in [5.41, 5.74) is 2.01. The lowest BCUT2D eigenvalue weighted by molar-refractivity contribution is 0.0697. The number of aromatic carboxylic acids is 1. The van der Waals surface area contributed by atoms with E-state index < -0.39 is 11.5 Å². The SMILES string of the molecule is O=C(O)c1ccccc1N=Nc1c(-c2cccs2)[nH]n(-c2nc(-c3ccccc3)cs2)c1=O. The van der Waals surface area contributed by atoms with E-state index in [1.54, 1.807) is 12.1 Å². The topological polar surface area (TPSA) is 113 Å². The molecule has 3 aromatic heterocycles. The van der Waals surface area contributed by atoms with Crippen LogP contribution in [0, 0.1) is 0 Å². The van der Waals surface area contributed by atoms with E-state index in [1.165, 1.54) is 39.5 Å². The van der Waals surface area contributed by atoms with Crippen molar-refractivity contribution >= 4 is 40.0 Å². The maximum Gasteiger partial charge on any atom is 0.337 e. The van der Waals surface area contributed by atoms with Crippen LogP contribution in [-0.2, 0) is 0 Å². The fraction of sp³-hybridized carbons (Fsp3) is 0. The number of hydrogen-bond acceptors (Lipinski definition) is 7. The summed E-state index contributed by atoms with van der Waals surface area (Å²) >= 11 is 2.77. The van der Waals surface area contributed by atoms with Gasteiger partial charge in [-0.1, -0.05) is 48.5 Å². The maximum absolute atomic E-state index is 13.3. The van der Waals surface area contributed by atoms with Crippen LogP contribution in [0.25, 0.3) is 27.0 Å². The van der Waals surface area contributed by atoms with Crippen molar-refractivity contribution in [1.29, 1.82) is 0 Å². The van der Waals surface area contributed by atoms with Crippen molar-refractivity contribution in [3.8, 4) is 27.0 Å². The van der Waals surface area contributed by atoms with Crippen molar-refractivity contribution < 1.29 is 9.90 Å². The Morgan fingerprint density at radius 1 is 0.970 bits per heavy atom. The van der Waals surface area contributed by atoms with Crippen LogP contribution >= 0.6 is 22.7 Å². The van der Waals surface area contributed by atoms with Crippen LogP contribution in [0.1, 0.15) is 10.4 Å². The number of thiophene rings is 1. The highest BCUT2D eigenvalue weighted by Gasteiger charge is 2.20. The van der Waals surface area contributed by atoms with Gasteiger partial charge in [0, 0.05) is 10.9 Å². The Morgan fingerprint density at radius 2 is 1.76 bits per heavy atom. The molecule has 0 atom stereocenters. The van der Waals surface area contributed by atoms with Crippen molar-refractivity contribution in [2.24, 2.45) is 10.2 Å². The molecule has 0 saturated carbocycles. The molecule has 5 rings (SSSR count). The molecule has 33 heavy (non-hydrogen) atoms. The quantitative estimate of drug-likeness (QED) is 0.289. The molecule has 2 N–H and O–H groups in total. The summed E-state index contributed by atoms with van der Waals surface area (Å²) < 4.78 is 1.34. The van der Waals surface area contributed by atoms with E-state index in [4.69, 9.17) is 0 Å². The van der Waals surface area contributed by atoms with E-state index in [0.717, 1.165) is 16.1 Å². The van der Waals surface area contributed by atoms with E-state index in [0.29, 0.717) is 10.8 Å². The zero-order valence-electron chi connectivity index (χ0n) is 16.9. The van der Waals surface area contributed by atoms with Crippen LogP contribution in [0.5, 0.6) is 0 Å². The van der Waals surface area contributed by atoms with Crippen LogP contribution in [0.15, 0.2) is 92.5 Å². The molecule has 0 saturated heterocycles. The molecule has 0 aliphatic carbocycles. The predicted molar refractivity (Wildman–Crippen MR) is 128 cm³/mol. The second kappa shape index (κ2) is 8.77. The number of carboxylic acid groups (broad SMARTS) is 1. The van der Waals surface area contributed by atoms with Gasteiger partial charge < -0.3 is 5.11 Å². The number of H-pyrrole nitrogens is 1. The third-order valence-electron chi connectivity index (χ3n) is 4.78. The molecule has 0 bridgehead atoms. The molecule has 3 heterocycles. The molecular weight excluding hydrogens is 458 g/mol. The second-order valence-electron chi connectivity index (χ2n) is 6.86. The molecule has 0 fully saturated rings. The molecule has 10 heteroatoms. The smallest absolute Gasteiger partial charge is 0.337 e. The van der Waals surface area contributed by atoms with Crippen molar-refractivity contribution in [2.75, 3.05) is 0 Å². The van der Waals surface area contributed by atoms with Gasteiger partial charge in [-0.2, -0.15) is 4.68 Å². The van der Waals surface area contributed by atoms with E-state index in [2.05, 4.69) is 20.3 Å². The Labute approximate surface area is 195 Å². The van der Waals surface area contributed by atoms with Crippen LogP contribution in [-0.4, -0.2) is 25.8 Å². The minimum Gasteiger partial charge on any atom is -0.478 e. The van der Waals surface area contributed by atoms with Gasteiger partial charge in [0.05, 0.1) is 16.1 Å². The van der Waals surface area contributed by atoms with Crippen LogP contribution < -0.4 is 5.56 Å². The summed E-state index contributed by atoms with van der Waals surface area (Å²) in [5.74, 6) is -1.12. The van der Waals surface area contributed by atoms with Gasteiger partial charge >= 0.3 is 11.5 Å². The van der Waals surface area contributed by atoms with E-state index in [9.17, 15) is 14.7 Å². The summed E-state index contributed by atoms with van der Waals surface area (Å²) in [4.78, 5) is 30.2. The number of aromatic amines is 1. The van der Waals surface area contributed by atoms with Crippen molar-refractivity contribution in [1.82, 2.24) is 14.8 Å². The summed E-state index contributed by atoms with van der Waals surface area (Å²) in [6.07, 6.45) is 0. The number of benzene rings is 2. The van der Waals surface area contributed by atoms with Gasteiger partial charge in [0.25, 0.3) is 0 Å². The minimum absolute atomic E-state index is 0.00205. The highest BCUT2D eigenvalue weighted by Crippen LogP contribution is 2.32. The third kappa shape index (κ3) is 4.04. The zero-order valence-corrected chi connectivity index (χ0v) is 18.5. The first kappa shape index (κ1) is 20.7. The third-order valence-corrected chi connectivity index (χ3v) is 6.49. The zero-order chi connectivity index (χ0) is 22.8. The summed E-state index contributed by atoms with van der Waals surface area (Å²) in [6, 6.07) is 19.7. The lowest BCUT2D eigenvalue weighted by Crippen LogP contribution is -2.13. The molecule has 8 nitrogen and oxygen atoms in total. The largest absolute Gasteiger partial charge is 0.478 e. The van der Waals surface area contributed by atoms with Crippen molar-refractivity contribution in [2.45, 2.75) is 0 Å². The fourth-order valence-electron chi connectivity index (χ4n) is 3.20. The summed E-state index contributed by atoms with van der Waals surface area (Å²) in [7, 11) is 0. The maximum atomic E-state index is 13.3. The molecule has 0 unspecified atom stereocenters. The van der Waals surface area contributed by atoms with Gasteiger partial charge in [0.15, 0.2) is 5.69 Å². The Hall–Kier alpha value is -4.15. The molecule has 0 aliphatic rings. The number of carbonyl (C=O) groups is 1. The molecule has 0 radical (unpaired) electrons. The van der Waals surface area contributed by atoms with E-state index in [-0.39, 0.29) is 16.9 Å². The van der Waals surface area contributed by atoms with Gasteiger partial charge in [0.2, 0.25) is 5.13 Å². The Balaban J connectivity index is 1.60. The predicted octanol–water partition coefficient (Wildman–Crippen LogP) is 6.13. The van der Waals surface area contributed by atoms with Gasteiger partial charge in [-0.3, -0.25) is 9.89 Å². The number of azo groups is 1. The fourth-order valence-corrected chi connectivity index (χ4v) is 4.71. The molecule has 0 spiro atoms. The van der Waals surface area contributed by atoms with Crippen molar-refractivity contribution in [3.05, 3.63) is 93.4 Å². The highest BCUT2D eigenvalue weighted by molar-refractivity contribution is 7.13. The first-order valence-corrected chi connectivity index (χ1v) is 11.5.